The average Bonchev–Trinajstić information content (AvgIpc) is 3.08. The highest BCUT2D eigenvalue weighted by atomic mass is 16.5. The van der Waals surface area contributed by atoms with Crippen molar-refractivity contribution in [1.29, 1.82) is 0 Å². The first-order valence-electron chi connectivity index (χ1n) is 6.27. The van der Waals surface area contributed by atoms with Crippen molar-refractivity contribution in [2.45, 2.75) is 13.5 Å². The number of nitrogens with zero attached hydrogens (tertiary/aromatic N) is 5. The standard InChI is InChI=1S/C13H14N6O/c1-9-2-4-10(5-3-9)12-15-13(20-17-12)11-8-19(7-6-14)18-16-11/h2-5,8H,6-7,14H2,1H3. The van der Waals surface area contributed by atoms with Crippen molar-refractivity contribution < 1.29 is 4.52 Å². The normalized spacial score (nSPS) is 10.9. The number of nitrogens with two attached hydrogens (primary N) is 1. The number of hydrogen-bond donors (Lipinski definition) is 1. The van der Waals surface area contributed by atoms with Gasteiger partial charge < -0.3 is 10.3 Å². The first kappa shape index (κ1) is 12.5. The van der Waals surface area contributed by atoms with E-state index in [2.05, 4.69) is 20.5 Å². The van der Waals surface area contributed by atoms with Crippen molar-refractivity contribution in [2.24, 2.45) is 5.73 Å². The van der Waals surface area contributed by atoms with Crippen LogP contribution in [0.15, 0.2) is 35.0 Å². The number of hydrogen-bond acceptors (Lipinski definition) is 6. The molecule has 1 aromatic carbocycles. The molecule has 3 aromatic rings. The van der Waals surface area contributed by atoms with Gasteiger partial charge in [0.1, 0.15) is 0 Å². The molecule has 0 saturated carbocycles. The first-order valence-corrected chi connectivity index (χ1v) is 6.27. The third kappa shape index (κ3) is 2.43. The summed E-state index contributed by atoms with van der Waals surface area (Å²) >= 11 is 0. The van der Waals surface area contributed by atoms with Crippen LogP contribution in [0.25, 0.3) is 23.0 Å². The second kappa shape index (κ2) is 5.22. The fourth-order valence-corrected chi connectivity index (χ4v) is 1.79. The number of aromatic nitrogens is 5. The lowest BCUT2D eigenvalue weighted by molar-refractivity contribution is 0.431. The van der Waals surface area contributed by atoms with Gasteiger partial charge in [-0.25, -0.2) is 0 Å². The van der Waals surface area contributed by atoms with E-state index in [1.165, 1.54) is 5.56 Å². The maximum atomic E-state index is 5.46. The Morgan fingerprint density at radius 3 is 2.80 bits per heavy atom. The molecule has 20 heavy (non-hydrogen) atoms. The summed E-state index contributed by atoms with van der Waals surface area (Å²) in [7, 11) is 0. The molecule has 0 aliphatic rings. The van der Waals surface area contributed by atoms with E-state index in [-0.39, 0.29) is 0 Å². The van der Waals surface area contributed by atoms with Gasteiger partial charge in [0, 0.05) is 12.1 Å². The van der Waals surface area contributed by atoms with Crippen LogP contribution in [-0.4, -0.2) is 31.7 Å². The summed E-state index contributed by atoms with van der Waals surface area (Å²) in [4.78, 5) is 4.33. The summed E-state index contributed by atoms with van der Waals surface area (Å²) in [6.45, 7) is 3.13. The zero-order valence-corrected chi connectivity index (χ0v) is 11.0. The Kier molecular flexibility index (Phi) is 3.26. The molecule has 0 fully saturated rings. The third-order valence-corrected chi connectivity index (χ3v) is 2.85. The van der Waals surface area contributed by atoms with Crippen molar-refractivity contribution in [3.05, 3.63) is 36.0 Å². The Morgan fingerprint density at radius 2 is 2.05 bits per heavy atom. The van der Waals surface area contributed by atoms with Gasteiger partial charge in [0.25, 0.3) is 5.89 Å². The van der Waals surface area contributed by atoms with E-state index in [0.717, 1.165) is 5.56 Å². The van der Waals surface area contributed by atoms with Gasteiger partial charge in [-0.2, -0.15) is 4.98 Å². The van der Waals surface area contributed by atoms with Gasteiger partial charge in [0.2, 0.25) is 5.82 Å². The maximum absolute atomic E-state index is 5.46. The molecule has 2 aromatic heterocycles. The maximum Gasteiger partial charge on any atom is 0.280 e. The lowest BCUT2D eigenvalue weighted by Crippen LogP contribution is -2.10. The van der Waals surface area contributed by atoms with Crippen molar-refractivity contribution in [1.82, 2.24) is 25.1 Å². The molecule has 2 N–H and O–H groups in total. The summed E-state index contributed by atoms with van der Waals surface area (Å²) in [6.07, 6.45) is 1.74. The topological polar surface area (TPSA) is 95.7 Å². The zero-order chi connectivity index (χ0) is 13.9. The van der Waals surface area contributed by atoms with E-state index < -0.39 is 0 Å². The Hall–Kier alpha value is -2.54. The molecule has 0 bridgehead atoms. The van der Waals surface area contributed by atoms with Gasteiger partial charge >= 0.3 is 0 Å². The van der Waals surface area contributed by atoms with Crippen molar-refractivity contribution in [3.63, 3.8) is 0 Å². The van der Waals surface area contributed by atoms with Gasteiger partial charge in [-0.15, -0.1) is 5.10 Å². The van der Waals surface area contributed by atoms with Crippen LogP contribution in [0.3, 0.4) is 0 Å². The Labute approximate surface area is 115 Å². The van der Waals surface area contributed by atoms with Crippen molar-refractivity contribution in [2.75, 3.05) is 6.54 Å². The summed E-state index contributed by atoms with van der Waals surface area (Å²) in [5.74, 6) is 0.886. The predicted octanol–water partition coefficient (Wildman–Crippen LogP) is 1.26. The van der Waals surface area contributed by atoms with Gasteiger partial charge in [0.15, 0.2) is 5.69 Å². The predicted molar refractivity (Wildman–Crippen MR) is 72.5 cm³/mol. The highest BCUT2D eigenvalue weighted by molar-refractivity contribution is 5.57. The van der Waals surface area contributed by atoms with Crippen LogP contribution in [-0.2, 0) is 6.54 Å². The summed E-state index contributed by atoms with van der Waals surface area (Å²) in [6, 6.07) is 7.91. The molecule has 0 unspecified atom stereocenters. The van der Waals surface area contributed by atoms with E-state index in [9.17, 15) is 0 Å². The van der Waals surface area contributed by atoms with E-state index in [4.69, 9.17) is 10.3 Å². The van der Waals surface area contributed by atoms with E-state index >= 15 is 0 Å². The zero-order valence-electron chi connectivity index (χ0n) is 11.0. The Morgan fingerprint density at radius 1 is 1.25 bits per heavy atom. The molecular weight excluding hydrogens is 256 g/mol. The quantitative estimate of drug-likeness (QED) is 0.766. The van der Waals surface area contributed by atoms with Gasteiger partial charge in [0.05, 0.1) is 12.7 Å². The molecule has 0 radical (unpaired) electrons. The highest BCUT2D eigenvalue weighted by Gasteiger charge is 2.13. The summed E-state index contributed by atoms with van der Waals surface area (Å²) < 4.78 is 6.86. The molecule has 0 atom stereocenters. The largest absolute Gasteiger partial charge is 0.332 e. The van der Waals surface area contributed by atoms with Crippen LogP contribution in [0.2, 0.25) is 0 Å². The van der Waals surface area contributed by atoms with Crippen LogP contribution in [0, 0.1) is 6.92 Å². The minimum Gasteiger partial charge on any atom is -0.332 e. The Balaban J connectivity index is 1.87. The molecule has 3 rings (SSSR count). The molecule has 0 aliphatic carbocycles. The number of benzene rings is 1. The fourth-order valence-electron chi connectivity index (χ4n) is 1.79. The van der Waals surface area contributed by atoms with E-state index in [1.54, 1.807) is 10.9 Å². The second-order valence-corrected chi connectivity index (χ2v) is 4.44. The van der Waals surface area contributed by atoms with Crippen molar-refractivity contribution in [3.8, 4) is 23.0 Å². The van der Waals surface area contributed by atoms with Crippen LogP contribution in [0.5, 0.6) is 0 Å². The smallest absolute Gasteiger partial charge is 0.280 e. The third-order valence-electron chi connectivity index (χ3n) is 2.85. The SMILES string of the molecule is Cc1ccc(-c2noc(-c3cn(CCN)nn3)n2)cc1. The van der Waals surface area contributed by atoms with Crippen LogP contribution in [0.4, 0.5) is 0 Å². The minimum atomic E-state index is 0.351. The number of rotatable bonds is 4. The van der Waals surface area contributed by atoms with Crippen molar-refractivity contribution >= 4 is 0 Å². The van der Waals surface area contributed by atoms with E-state index in [0.29, 0.717) is 30.5 Å². The molecule has 0 saturated heterocycles. The molecule has 7 nitrogen and oxygen atoms in total. The van der Waals surface area contributed by atoms with Crippen LogP contribution >= 0.6 is 0 Å². The summed E-state index contributed by atoms with van der Waals surface area (Å²) in [5, 5.41) is 11.9. The Bertz CT molecular complexity index is 700. The highest BCUT2D eigenvalue weighted by Crippen LogP contribution is 2.20. The summed E-state index contributed by atoms with van der Waals surface area (Å²) in [5.41, 5.74) is 8.09. The molecule has 0 amide bonds. The molecule has 0 aliphatic heterocycles. The van der Waals surface area contributed by atoms with E-state index in [1.807, 2.05) is 31.2 Å². The first-order chi connectivity index (χ1) is 9.76. The molecule has 0 spiro atoms. The lowest BCUT2D eigenvalue weighted by Gasteiger charge is -1.94. The second-order valence-electron chi connectivity index (χ2n) is 4.44. The molecular formula is C13H14N6O. The van der Waals surface area contributed by atoms with Gasteiger partial charge in [-0.3, -0.25) is 4.68 Å². The monoisotopic (exact) mass is 270 g/mol. The molecule has 2 heterocycles. The molecule has 102 valence electrons. The number of aryl methyl sites for hydroxylation is 1. The van der Waals surface area contributed by atoms with Crippen LogP contribution < -0.4 is 5.73 Å². The fraction of sp³-hybridized carbons (Fsp3) is 0.231. The lowest BCUT2D eigenvalue weighted by atomic mass is 10.1. The van der Waals surface area contributed by atoms with Crippen LogP contribution in [0.1, 0.15) is 5.56 Å². The minimum absolute atomic E-state index is 0.351. The van der Waals surface area contributed by atoms with Gasteiger partial charge in [-0.1, -0.05) is 40.2 Å². The van der Waals surface area contributed by atoms with Gasteiger partial charge in [-0.05, 0) is 6.92 Å². The molecule has 7 heteroatoms. The average molecular weight is 270 g/mol.